The molecule has 0 saturated heterocycles. The van der Waals surface area contributed by atoms with E-state index in [0.717, 1.165) is 67.4 Å². The van der Waals surface area contributed by atoms with Crippen molar-refractivity contribution < 1.29 is 8.83 Å². The van der Waals surface area contributed by atoms with Gasteiger partial charge in [-0.25, -0.2) is 0 Å². The Balaban J connectivity index is 1.47. The summed E-state index contributed by atoms with van der Waals surface area (Å²) in [4.78, 5) is 2.31. The number of para-hydroxylation sites is 2. The number of nitrogens with zero attached hydrogens (tertiary/aromatic N) is 1. The fraction of sp³-hybridized carbons (Fsp3) is 0.0625. The summed E-state index contributed by atoms with van der Waals surface area (Å²) in [6, 6.07) is 38.1. The van der Waals surface area contributed by atoms with Gasteiger partial charge in [-0.2, -0.15) is 0 Å². The molecule has 0 unspecified atom stereocenters. The molecule has 0 amide bonds. The van der Waals surface area contributed by atoms with Crippen LogP contribution in [0, 0.1) is 0 Å². The Bertz CT molecular complexity index is 1730. The van der Waals surface area contributed by atoms with E-state index in [4.69, 9.17) is 8.83 Å². The second kappa shape index (κ2) is 7.78. The van der Waals surface area contributed by atoms with Gasteiger partial charge in [-0.15, -0.1) is 0 Å². The maximum atomic E-state index is 6.09. The molecular weight excluding hydrogens is 430 g/mol. The molecule has 168 valence electrons. The molecule has 2 heterocycles. The highest BCUT2D eigenvalue weighted by Crippen LogP contribution is 2.40. The summed E-state index contributed by atoms with van der Waals surface area (Å²) in [5.41, 5.74) is 8.21. The molecule has 3 nitrogen and oxygen atoms in total. The van der Waals surface area contributed by atoms with E-state index in [1.807, 2.05) is 24.3 Å². The van der Waals surface area contributed by atoms with Crippen molar-refractivity contribution in [3.05, 3.63) is 115 Å². The van der Waals surface area contributed by atoms with Crippen LogP contribution in [0.3, 0.4) is 0 Å². The fourth-order valence-electron chi connectivity index (χ4n) is 5.03. The first kappa shape index (κ1) is 19.9. The quantitative estimate of drug-likeness (QED) is 0.266. The summed E-state index contributed by atoms with van der Waals surface area (Å²) in [5.74, 6) is 0. The first-order chi connectivity index (χ1) is 17.3. The lowest BCUT2D eigenvalue weighted by atomic mass is 10.1. The van der Waals surface area contributed by atoms with Gasteiger partial charge in [0.05, 0.1) is 0 Å². The third kappa shape index (κ3) is 3.20. The molecule has 0 aliphatic rings. The molecule has 0 aliphatic carbocycles. The molecule has 5 aromatic carbocycles. The summed E-state index contributed by atoms with van der Waals surface area (Å²) in [5, 5.41) is 4.48. The topological polar surface area (TPSA) is 29.5 Å². The van der Waals surface area contributed by atoms with E-state index in [1.165, 1.54) is 5.56 Å². The van der Waals surface area contributed by atoms with Crippen molar-refractivity contribution in [1.82, 2.24) is 0 Å². The predicted molar refractivity (Wildman–Crippen MR) is 145 cm³/mol. The van der Waals surface area contributed by atoms with Gasteiger partial charge in [0.2, 0.25) is 0 Å². The number of hydrogen-bond acceptors (Lipinski definition) is 3. The van der Waals surface area contributed by atoms with Crippen molar-refractivity contribution in [3.63, 3.8) is 0 Å². The molecule has 7 rings (SSSR count). The molecule has 0 atom stereocenters. The zero-order valence-electron chi connectivity index (χ0n) is 19.4. The van der Waals surface area contributed by atoms with E-state index in [0.29, 0.717) is 0 Å². The van der Waals surface area contributed by atoms with E-state index in [1.54, 1.807) is 0 Å². The summed E-state index contributed by atoms with van der Waals surface area (Å²) in [6.45, 7) is 2.18. The normalized spacial score (nSPS) is 11.7. The SMILES string of the molecule is CCc1ccc(N(c2ccc3oc4ccccc4c3c2)c2ccc3oc4ccccc4c3c2)cc1. The Morgan fingerprint density at radius 2 is 0.943 bits per heavy atom. The van der Waals surface area contributed by atoms with Crippen LogP contribution in [0.2, 0.25) is 0 Å². The van der Waals surface area contributed by atoms with Crippen LogP contribution in [-0.4, -0.2) is 0 Å². The highest BCUT2D eigenvalue weighted by molar-refractivity contribution is 6.08. The lowest BCUT2D eigenvalue weighted by Crippen LogP contribution is -2.09. The number of fused-ring (bicyclic) bond motifs is 6. The Kier molecular flexibility index (Phi) is 4.43. The molecule has 0 radical (unpaired) electrons. The van der Waals surface area contributed by atoms with Gasteiger partial charge in [0.1, 0.15) is 22.3 Å². The van der Waals surface area contributed by atoms with Crippen molar-refractivity contribution in [2.75, 3.05) is 4.90 Å². The fourth-order valence-corrected chi connectivity index (χ4v) is 5.03. The molecule has 0 N–H and O–H groups in total. The van der Waals surface area contributed by atoms with Gasteiger partial charge in [-0.3, -0.25) is 0 Å². The molecule has 0 fully saturated rings. The minimum Gasteiger partial charge on any atom is -0.456 e. The van der Waals surface area contributed by atoms with Crippen LogP contribution < -0.4 is 4.90 Å². The van der Waals surface area contributed by atoms with Crippen LogP contribution in [-0.2, 0) is 6.42 Å². The van der Waals surface area contributed by atoms with E-state index in [2.05, 4.69) is 96.8 Å². The molecular formula is C32H23NO2. The third-order valence-corrected chi connectivity index (χ3v) is 6.84. The van der Waals surface area contributed by atoms with Crippen LogP contribution in [0.5, 0.6) is 0 Å². The second-order valence-corrected chi connectivity index (χ2v) is 8.91. The number of benzene rings is 5. The first-order valence-corrected chi connectivity index (χ1v) is 12.0. The molecule has 35 heavy (non-hydrogen) atoms. The predicted octanol–water partition coefficient (Wildman–Crippen LogP) is 9.52. The van der Waals surface area contributed by atoms with Crippen LogP contribution in [0.25, 0.3) is 43.9 Å². The van der Waals surface area contributed by atoms with Crippen molar-refractivity contribution in [1.29, 1.82) is 0 Å². The lowest BCUT2D eigenvalue weighted by Gasteiger charge is -2.26. The molecule has 0 aliphatic heterocycles. The van der Waals surface area contributed by atoms with E-state index < -0.39 is 0 Å². The van der Waals surface area contributed by atoms with Crippen LogP contribution in [0.15, 0.2) is 118 Å². The van der Waals surface area contributed by atoms with Crippen molar-refractivity contribution in [3.8, 4) is 0 Å². The average molecular weight is 454 g/mol. The van der Waals surface area contributed by atoms with Gasteiger partial charge in [-0.1, -0.05) is 55.5 Å². The van der Waals surface area contributed by atoms with E-state index in [9.17, 15) is 0 Å². The number of rotatable bonds is 4. The van der Waals surface area contributed by atoms with Crippen LogP contribution in [0.4, 0.5) is 17.1 Å². The third-order valence-electron chi connectivity index (χ3n) is 6.84. The van der Waals surface area contributed by atoms with Crippen LogP contribution in [0.1, 0.15) is 12.5 Å². The van der Waals surface area contributed by atoms with Crippen LogP contribution >= 0.6 is 0 Å². The van der Waals surface area contributed by atoms with Gasteiger partial charge >= 0.3 is 0 Å². The van der Waals surface area contributed by atoms with Gasteiger partial charge in [0, 0.05) is 38.6 Å². The Morgan fingerprint density at radius 3 is 1.46 bits per heavy atom. The Labute approximate surface area is 202 Å². The zero-order chi connectivity index (χ0) is 23.4. The maximum absolute atomic E-state index is 6.09. The van der Waals surface area contributed by atoms with Gasteiger partial charge < -0.3 is 13.7 Å². The average Bonchev–Trinajstić information content (AvgIpc) is 3.47. The molecule has 0 saturated carbocycles. The van der Waals surface area contributed by atoms with Crippen molar-refractivity contribution >= 4 is 60.9 Å². The number of hydrogen-bond donors (Lipinski definition) is 0. The summed E-state index contributed by atoms with van der Waals surface area (Å²) >= 11 is 0. The molecule has 7 aromatic rings. The van der Waals surface area contributed by atoms with Crippen molar-refractivity contribution in [2.24, 2.45) is 0 Å². The van der Waals surface area contributed by atoms with E-state index in [-0.39, 0.29) is 0 Å². The highest BCUT2D eigenvalue weighted by atomic mass is 16.3. The zero-order valence-corrected chi connectivity index (χ0v) is 19.4. The summed E-state index contributed by atoms with van der Waals surface area (Å²) in [6.07, 6.45) is 1.01. The number of anilines is 3. The first-order valence-electron chi connectivity index (χ1n) is 12.0. The largest absolute Gasteiger partial charge is 0.456 e. The minimum atomic E-state index is 0.896. The number of furan rings is 2. The Hall–Kier alpha value is -4.50. The van der Waals surface area contributed by atoms with E-state index >= 15 is 0 Å². The Morgan fingerprint density at radius 1 is 0.486 bits per heavy atom. The maximum Gasteiger partial charge on any atom is 0.135 e. The molecule has 2 aromatic heterocycles. The highest BCUT2D eigenvalue weighted by Gasteiger charge is 2.17. The monoisotopic (exact) mass is 453 g/mol. The molecule has 0 spiro atoms. The second-order valence-electron chi connectivity index (χ2n) is 8.91. The summed E-state index contributed by atoms with van der Waals surface area (Å²) < 4.78 is 12.2. The summed E-state index contributed by atoms with van der Waals surface area (Å²) in [7, 11) is 0. The molecule has 3 heteroatoms. The molecule has 0 bridgehead atoms. The number of aryl methyl sites for hydroxylation is 1. The smallest absolute Gasteiger partial charge is 0.135 e. The van der Waals surface area contributed by atoms with Crippen molar-refractivity contribution in [2.45, 2.75) is 13.3 Å². The lowest BCUT2D eigenvalue weighted by molar-refractivity contribution is 0.668. The minimum absolute atomic E-state index is 0.896. The van der Waals surface area contributed by atoms with Gasteiger partial charge in [0.15, 0.2) is 0 Å². The van der Waals surface area contributed by atoms with Gasteiger partial charge in [-0.05, 0) is 72.6 Å². The standard InChI is InChI=1S/C32H23NO2/c1-2-21-11-13-22(14-12-21)33(23-15-17-31-27(19-23)25-7-3-5-9-29(25)34-31)24-16-18-32-28(20-24)26-8-4-6-10-30(26)35-32/h3-20H,2H2,1H3. The van der Waals surface area contributed by atoms with Gasteiger partial charge in [0.25, 0.3) is 0 Å².